The molecule has 1 fully saturated rings. The Kier molecular flexibility index (Phi) is 3.33. The van der Waals surface area contributed by atoms with Crippen molar-refractivity contribution in [3.8, 4) is 0 Å². The number of carbonyl (C=O) groups excluding carboxylic acids is 1. The molecule has 0 saturated heterocycles. The van der Waals surface area contributed by atoms with Gasteiger partial charge in [-0.1, -0.05) is 32.0 Å². The maximum atomic E-state index is 12.5. The Morgan fingerprint density at radius 3 is 2.75 bits per heavy atom. The van der Waals surface area contributed by atoms with Crippen molar-refractivity contribution >= 4 is 27.3 Å². The summed E-state index contributed by atoms with van der Waals surface area (Å²) in [6.45, 7) is 6.61. The molecule has 2 aromatic rings. The van der Waals surface area contributed by atoms with Gasteiger partial charge in [-0.25, -0.2) is 0 Å². The average molecular weight is 287 g/mol. The average Bonchev–Trinajstić information content (AvgIpc) is 2.91. The maximum Gasteiger partial charge on any atom is 0.261 e. The van der Waals surface area contributed by atoms with Crippen LogP contribution < -0.4 is 5.32 Å². The first-order chi connectivity index (χ1) is 9.46. The van der Waals surface area contributed by atoms with Gasteiger partial charge in [0, 0.05) is 10.7 Å². The van der Waals surface area contributed by atoms with Crippen molar-refractivity contribution in [2.75, 3.05) is 0 Å². The van der Waals surface area contributed by atoms with Crippen molar-refractivity contribution < 1.29 is 4.79 Å². The number of aryl methyl sites for hydroxylation is 1. The van der Waals surface area contributed by atoms with E-state index in [0.717, 1.165) is 23.3 Å². The number of nitrogens with one attached hydrogen (secondary N) is 1. The van der Waals surface area contributed by atoms with E-state index in [1.54, 1.807) is 11.3 Å². The summed E-state index contributed by atoms with van der Waals surface area (Å²) in [4.78, 5) is 13.4. The third kappa shape index (κ3) is 2.47. The van der Waals surface area contributed by atoms with Crippen molar-refractivity contribution in [3.63, 3.8) is 0 Å². The molecule has 1 atom stereocenters. The standard InChI is InChI=1S/C17H21NOS/c1-11-13-6-4-5-7-14(13)20-15(11)16(19)18-12-8-9-17(2,3)10-12/h4-7,12H,8-10H2,1-3H3,(H,18,19). The zero-order chi connectivity index (χ0) is 14.3. The Morgan fingerprint density at radius 2 is 2.10 bits per heavy atom. The fourth-order valence-electron chi connectivity index (χ4n) is 3.20. The smallest absolute Gasteiger partial charge is 0.261 e. The monoisotopic (exact) mass is 287 g/mol. The summed E-state index contributed by atoms with van der Waals surface area (Å²) in [6, 6.07) is 8.57. The molecule has 106 valence electrons. The van der Waals surface area contributed by atoms with E-state index in [-0.39, 0.29) is 5.91 Å². The van der Waals surface area contributed by atoms with Gasteiger partial charge in [0.25, 0.3) is 5.91 Å². The molecule has 1 unspecified atom stereocenters. The van der Waals surface area contributed by atoms with Gasteiger partial charge in [-0.05, 0) is 48.6 Å². The summed E-state index contributed by atoms with van der Waals surface area (Å²) in [5, 5.41) is 4.43. The van der Waals surface area contributed by atoms with E-state index in [1.165, 1.54) is 16.5 Å². The molecule has 1 aromatic carbocycles. The van der Waals surface area contributed by atoms with Gasteiger partial charge in [-0.2, -0.15) is 0 Å². The van der Waals surface area contributed by atoms with Crippen LogP contribution in [0.5, 0.6) is 0 Å². The van der Waals surface area contributed by atoms with E-state index in [4.69, 9.17) is 0 Å². The van der Waals surface area contributed by atoms with Gasteiger partial charge in [-0.3, -0.25) is 4.79 Å². The molecule has 1 N–H and O–H groups in total. The lowest BCUT2D eigenvalue weighted by Gasteiger charge is -2.17. The van der Waals surface area contributed by atoms with E-state index >= 15 is 0 Å². The largest absolute Gasteiger partial charge is 0.349 e. The second-order valence-electron chi connectivity index (χ2n) is 6.63. The molecule has 0 spiro atoms. The minimum atomic E-state index is 0.103. The van der Waals surface area contributed by atoms with Crippen LogP contribution in [0.25, 0.3) is 10.1 Å². The minimum absolute atomic E-state index is 0.103. The zero-order valence-electron chi connectivity index (χ0n) is 12.3. The summed E-state index contributed by atoms with van der Waals surface area (Å²) in [5.41, 5.74) is 1.48. The predicted octanol–water partition coefficient (Wildman–Crippen LogP) is 4.52. The van der Waals surface area contributed by atoms with E-state index in [9.17, 15) is 4.79 Å². The Hall–Kier alpha value is -1.35. The number of hydrogen-bond acceptors (Lipinski definition) is 2. The molecule has 3 rings (SSSR count). The lowest BCUT2D eigenvalue weighted by atomic mass is 9.92. The lowest BCUT2D eigenvalue weighted by Crippen LogP contribution is -2.33. The van der Waals surface area contributed by atoms with Crippen LogP contribution in [0.2, 0.25) is 0 Å². The third-order valence-electron chi connectivity index (χ3n) is 4.35. The molecule has 1 aromatic heterocycles. The minimum Gasteiger partial charge on any atom is -0.349 e. The SMILES string of the molecule is Cc1c(C(=O)NC2CCC(C)(C)C2)sc2ccccc12. The Balaban J connectivity index is 1.81. The molecule has 1 aliphatic rings. The first-order valence-electron chi connectivity index (χ1n) is 7.25. The van der Waals surface area contributed by atoms with Crippen LogP contribution in [0.1, 0.15) is 48.3 Å². The lowest BCUT2D eigenvalue weighted by molar-refractivity contribution is 0.0939. The quantitative estimate of drug-likeness (QED) is 0.864. The van der Waals surface area contributed by atoms with Crippen LogP contribution in [0.4, 0.5) is 0 Å². The molecule has 1 saturated carbocycles. The fourth-order valence-corrected chi connectivity index (χ4v) is 4.31. The van der Waals surface area contributed by atoms with Crippen LogP contribution in [0.15, 0.2) is 24.3 Å². The normalized spacial score (nSPS) is 21.2. The van der Waals surface area contributed by atoms with Gasteiger partial charge < -0.3 is 5.32 Å². The number of fused-ring (bicyclic) bond motifs is 1. The number of benzene rings is 1. The van der Waals surface area contributed by atoms with Gasteiger partial charge in [0.05, 0.1) is 4.88 Å². The second-order valence-corrected chi connectivity index (χ2v) is 7.68. The molecule has 0 aliphatic heterocycles. The molecule has 0 bridgehead atoms. The first-order valence-corrected chi connectivity index (χ1v) is 8.07. The van der Waals surface area contributed by atoms with Gasteiger partial charge >= 0.3 is 0 Å². The zero-order valence-corrected chi connectivity index (χ0v) is 13.1. The molecular formula is C17H21NOS. The van der Waals surface area contributed by atoms with Crippen molar-refractivity contribution in [1.29, 1.82) is 0 Å². The number of thiophene rings is 1. The van der Waals surface area contributed by atoms with Gasteiger partial charge in [0.15, 0.2) is 0 Å². The first kappa shape index (κ1) is 13.6. The van der Waals surface area contributed by atoms with Gasteiger partial charge in [0.1, 0.15) is 0 Å². The van der Waals surface area contributed by atoms with Crippen LogP contribution in [0.3, 0.4) is 0 Å². The number of hydrogen-bond donors (Lipinski definition) is 1. The maximum absolute atomic E-state index is 12.5. The molecular weight excluding hydrogens is 266 g/mol. The summed E-state index contributed by atoms with van der Waals surface area (Å²) in [6.07, 6.45) is 3.38. The molecule has 1 aliphatic carbocycles. The summed E-state index contributed by atoms with van der Waals surface area (Å²) in [7, 11) is 0. The van der Waals surface area contributed by atoms with E-state index in [0.29, 0.717) is 11.5 Å². The second kappa shape index (κ2) is 4.88. The highest BCUT2D eigenvalue weighted by atomic mass is 32.1. The highest BCUT2D eigenvalue weighted by Crippen LogP contribution is 2.37. The highest BCUT2D eigenvalue weighted by Gasteiger charge is 2.32. The van der Waals surface area contributed by atoms with Crippen molar-refractivity contribution in [2.24, 2.45) is 5.41 Å². The Labute approximate surface area is 124 Å². The summed E-state index contributed by atoms with van der Waals surface area (Å²) in [5.74, 6) is 0.103. The van der Waals surface area contributed by atoms with Crippen molar-refractivity contribution in [3.05, 3.63) is 34.7 Å². The van der Waals surface area contributed by atoms with Crippen molar-refractivity contribution in [2.45, 2.75) is 46.1 Å². The molecule has 20 heavy (non-hydrogen) atoms. The van der Waals surface area contributed by atoms with Crippen LogP contribution in [0, 0.1) is 12.3 Å². The molecule has 1 heterocycles. The topological polar surface area (TPSA) is 29.1 Å². The van der Waals surface area contributed by atoms with E-state index in [1.807, 2.05) is 19.1 Å². The molecule has 1 amide bonds. The summed E-state index contributed by atoms with van der Waals surface area (Å²) >= 11 is 1.60. The molecule has 0 radical (unpaired) electrons. The number of rotatable bonds is 2. The van der Waals surface area contributed by atoms with Crippen LogP contribution >= 0.6 is 11.3 Å². The van der Waals surface area contributed by atoms with E-state index in [2.05, 4.69) is 31.3 Å². The molecule has 2 nitrogen and oxygen atoms in total. The summed E-state index contributed by atoms with van der Waals surface area (Å²) < 4.78 is 1.20. The molecule has 3 heteroatoms. The Bertz CT molecular complexity index is 656. The van der Waals surface area contributed by atoms with Crippen LogP contribution in [-0.4, -0.2) is 11.9 Å². The van der Waals surface area contributed by atoms with E-state index < -0.39 is 0 Å². The Morgan fingerprint density at radius 1 is 1.35 bits per heavy atom. The third-order valence-corrected chi connectivity index (χ3v) is 5.63. The van der Waals surface area contributed by atoms with Crippen LogP contribution in [-0.2, 0) is 0 Å². The number of amides is 1. The predicted molar refractivity (Wildman–Crippen MR) is 85.4 cm³/mol. The van der Waals surface area contributed by atoms with Gasteiger partial charge in [0.2, 0.25) is 0 Å². The van der Waals surface area contributed by atoms with Gasteiger partial charge in [-0.15, -0.1) is 11.3 Å². The highest BCUT2D eigenvalue weighted by molar-refractivity contribution is 7.21. The number of carbonyl (C=O) groups is 1. The fraction of sp³-hybridized carbons (Fsp3) is 0.471. The van der Waals surface area contributed by atoms with Crippen molar-refractivity contribution in [1.82, 2.24) is 5.32 Å².